The molecule has 2 rings (SSSR count). The first-order chi connectivity index (χ1) is 9.46. The predicted molar refractivity (Wildman–Crippen MR) is 82.8 cm³/mol. The summed E-state index contributed by atoms with van der Waals surface area (Å²) in [6.07, 6.45) is 0. The number of nitrogens with zero attached hydrogens (tertiary/aromatic N) is 1. The largest absolute Gasteiger partial charge is 0.269 e. The zero-order chi connectivity index (χ0) is 14.8. The molecule has 2 aromatic rings. The summed E-state index contributed by atoms with van der Waals surface area (Å²) in [5.74, 6) is 0.369. The first-order valence-electron chi connectivity index (χ1n) is 6.16. The van der Waals surface area contributed by atoms with E-state index in [-0.39, 0.29) is 4.90 Å². The highest BCUT2D eigenvalue weighted by molar-refractivity contribution is 7.92. The van der Waals surface area contributed by atoms with Gasteiger partial charge in [-0.1, -0.05) is 30.3 Å². The normalized spacial score (nSPS) is 11.3. The highest BCUT2D eigenvalue weighted by Gasteiger charge is 2.21. The number of rotatable bonds is 4. The van der Waals surface area contributed by atoms with Gasteiger partial charge >= 0.3 is 0 Å². The van der Waals surface area contributed by atoms with Gasteiger partial charge in [-0.05, 0) is 36.2 Å². The smallest absolute Gasteiger partial charge is 0.264 e. The second kappa shape index (κ2) is 5.85. The Labute approximate surface area is 124 Å². The number of halogens is 1. The molecule has 0 saturated carbocycles. The van der Waals surface area contributed by atoms with E-state index in [0.29, 0.717) is 11.6 Å². The van der Waals surface area contributed by atoms with Crippen molar-refractivity contribution in [3.8, 4) is 0 Å². The van der Waals surface area contributed by atoms with Gasteiger partial charge < -0.3 is 0 Å². The maximum atomic E-state index is 12.6. The molecule has 0 aliphatic rings. The third-order valence-electron chi connectivity index (χ3n) is 3.19. The number of para-hydroxylation sites is 1. The van der Waals surface area contributed by atoms with E-state index < -0.39 is 10.0 Å². The van der Waals surface area contributed by atoms with Crippen LogP contribution in [0.1, 0.15) is 11.1 Å². The molecule has 0 aromatic heterocycles. The van der Waals surface area contributed by atoms with Crippen LogP contribution in [-0.2, 0) is 15.9 Å². The topological polar surface area (TPSA) is 37.4 Å². The number of hydrogen-bond donors (Lipinski definition) is 0. The van der Waals surface area contributed by atoms with Crippen molar-refractivity contribution < 1.29 is 8.42 Å². The SMILES string of the molecule is Cc1ccccc1N(C)S(=O)(=O)c1ccc(CCl)cc1. The lowest BCUT2D eigenvalue weighted by molar-refractivity contribution is 0.594. The van der Waals surface area contributed by atoms with Gasteiger partial charge in [0.2, 0.25) is 0 Å². The Morgan fingerprint density at radius 3 is 2.20 bits per heavy atom. The molecule has 0 aliphatic carbocycles. The van der Waals surface area contributed by atoms with E-state index in [2.05, 4.69) is 0 Å². The van der Waals surface area contributed by atoms with Crippen LogP contribution in [0.25, 0.3) is 0 Å². The third kappa shape index (κ3) is 2.81. The molecule has 0 N–H and O–H groups in total. The predicted octanol–water partition coefficient (Wildman–Crippen LogP) is 3.56. The maximum Gasteiger partial charge on any atom is 0.264 e. The summed E-state index contributed by atoms with van der Waals surface area (Å²) in [5.41, 5.74) is 2.48. The van der Waals surface area contributed by atoms with Crippen molar-refractivity contribution in [2.24, 2.45) is 0 Å². The molecule has 0 unspecified atom stereocenters. The van der Waals surface area contributed by atoms with E-state index in [1.54, 1.807) is 37.4 Å². The summed E-state index contributed by atoms with van der Waals surface area (Å²) >= 11 is 5.71. The van der Waals surface area contributed by atoms with Crippen LogP contribution in [-0.4, -0.2) is 15.5 Å². The van der Waals surface area contributed by atoms with Crippen molar-refractivity contribution in [1.29, 1.82) is 0 Å². The third-order valence-corrected chi connectivity index (χ3v) is 5.29. The van der Waals surface area contributed by atoms with Crippen LogP contribution in [0, 0.1) is 6.92 Å². The number of aryl methyl sites for hydroxylation is 1. The van der Waals surface area contributed by atoms with Crippen LogP contribution in [0.15, 0.2) is 53.4 Å². The minimum absolute atomic E-state index is 0.261. The zero-order valence-corrected chi connectivity index (χ0v) is 12.9. The summed E-state index contributed by atoms with van der Waals surface area (Å²) in [5, 5.41) is 0. The van der Waals surface area contributed by atoms with Gasteiger partial charge in [-0.2, -0.15) is 0 Å². The Morgan fingerprint density at radius 2 is 1.65 bits per heavy atom. The van der Waals surface area contributed by atoms with Crippen molar-refractivity contribution in [1.82, 2.24) is 0 Å². The van der Waals surface area contributed by atoms with Crippen LogP contribution in [0.2, 0.25) is 0 Å². The molecule has 20 heavy (non-hydrogen) atoms. The summed E-state index contributed by atoms with van der Waals surface area (Å²) < 4.78 is 26.5. The van der Waals surface area contributed by atoms with Gasteiger partial charge in [-0.3, -0.25) is 4.31 Å². The zero-order valence-electron chi connectivity index (χ0n) is 11.4. The lowest BCUT2D eigenvalue weighted by Gasteiger charge is -2.21. The Balaban J connectivity index is 2.41. The minimum Gasteiger partial charge on any atom is -0.269 e. The van der Waals surface area contributed by atoms with Crippen molar-refractivity contribution in [2.75, 3.05) is 11.4 Å². The first-order valence-corrected chi connectivity index (χ1v) is 8.13. The lowest BCUT2D eigenvalue weighted by Crippen LogP contribution is -2.27. The van der Waals surface area contributed by atoms with E-state index in [4.69, 9.17) is 11.6 Å². The van der Waals surface area contributed by atoms with Crippen LogP contribution >= 0.6 is 11.6 Å². The summed E-state index contributed by atoms with van der Waals surface area (Å²) in [7, 11) is -1.99. The second-order valence-corrected chi connectivity index (χ2v) is 6.77. The lowest BCUT2D eigenvalue weighted by atomic mass is 10.2. The Bertz CT molecular complexity index is 696. The van der Waals surface area contributed by atoms with Crippen molar-refractivity contribution in [2.45, 2.75) is 17.7 Å². The van der Waals surface area contributed by atoms with Crippen LogP contribution < -0.4 is 4.31 Å². The van der Waals surface area contributed by atoms with Gasteiger partial charge in [0.25, 0.3) is 10.0 Å². The quantitative estimate of drug-likeness (QED) is 0.810. The fourth-order valence-corrected chi connectivity index (χ4v) is 3.39. The van der Waals surface area contributed by atoms with Crippen molar-refractivity contribution in [3.05, 3.63) is 59.7 Å². The van der Waals surface area contributed by atoms with E-state index >= 15 is 0 Å². The molecular weight excluding hydrogens is 294 g/mol. The molecular formula is C15H16ClNO2S. The highest BCUT2D eigenvalue weighted by atomic mass is 35.5. The molecule has 3 nitrogen and oxygen atoms in total. The van der Waals surface area contributed by atoms with Crippen LogP contribution in [0.5, 0.6) is 0 Å². The fraction of sp³-hybridized carbons (Fsp3) is 0.200. The van der Waals surface area contributed by atoms with E-state index in [9.17, 15) is 8.42 Å². The molecule has 0 saturated heterocycles. The molecule has 0 heterocycles. The molecule has 2 aromatic carbocycles. The summed E-state index contributed by atoms with van der Waals surface area (Å²) in [6.45, 7) is 1.89. The van der Waals surface area contributed by atoms with Crippen molar-refractivity contribution in [3.63, 3.8) is 0 Å². The fourth-order valence-electron chi connectivity index (χ4n) is 1.95. The Kier molecular flexibility index (Phi) is 4.35. The molecule has 106 valence electrons. The molecule has 0 radical (unpaired) electrons. The molecule has 5 heteroatoms. The van der Waals surface area contributed by atoms with Crippen LogP contribution in [0.3, 0.4) is 0 Å². The van der Waals surface area contributed by atoms with Gasteiger partial charge in [0.15, 0.2) is 0 Å². The average Bonchev–Trinajstić information content (AvgIpc) is 2.47. The Morgan fingerprint density at radius 1 is 1.05 bits per heavy atom. The standard InChI is InChI=1S/C15H16ClNO2S/c1-12-5-3-4-6-15(12)17(2)20(18,19)14-9-7-13(11-16)8-10-14/h3-10H,11H2,1-2H3. The van der Waals surface area contributed by atoms with Gasteiger partial charge in [-0.25, -0.2) is 8.42 Å². The number of benzene rings is 2. The van der Waals surface area contributed by atoms with Gasteiger partial charge in [0, 0.05) is 12.9 Å². The van der Waals surface area contributed by atoms with Gasteiger partial charge in [0.1, 0.15) is 0 Å². The molecule has 0 amide bonds. The van der Waals surface area contributed by atoms with Gasteiger partial charge in [-0.15, -0.1) is 11.6 Å². The van der Waals surface area contributed by atoms with E-state index in [1.807, 2.05) is 25.1 Å². The summed E-state index contributed by atoms with van der Waals surface area (Å²) in [4.78, 5) is 0.261. The number of sulfonamides is 1. The van der Waals surface area contributed by atoms with Crippen LogP contribution in [0.4, 0.5) is 5.69 Å². The van der Waals surface area contributed by atoms with Crippen molar-refractivity contribution >= 4 is 27.3 Å². The minimum atomic E-state index is -3.55. The molecule has 0 bridgehead atoms. The second-order valence-electron chi connectivity index (χ2n) is 4.54. The summed E-state index contributed by atoms with van der Waals surface area (Å²) in [6, 6.07) is 14.0. The first kappa shape index (κ1) is 14.9. The number of hydrogen-bond acceptors (Lipinski definition) is 2. The number of anilines is 1. The maximum absolute atomic E-state index is 12.6. The molecule has 0 fully saturated rings. The van der Waals surface area contributed by atoms with E-state index in [0.717, 1.165) is 11.1 Å². The monoisotopic (exact) mass is 309 g/mol. The highest BCUT2D eigenvalue weighted by Crippen LogP contribution is 2.25. The molecule has 0 atom stereocenters. The Hall–Kier alpha value is -1.52. The average molecular weight is 310 g/mol. The van der Waals surface area contributed by atoms with Gasteiger partial charge in [0.05, 0.1) is 10.6 Å². The van der Waals surface area contributed by atoms with E-state index in [1.165, 1.54) is 4.31 Å². The number of alkyl halides is 1. The molecule has 0 spiro atoms. The molecule has 0 aliphatic heterocycles.